The zero-order valence-electron chi connectivity index (χ0n) is 19.5. The van der Waals surface area contributed by atoms with Crippen LogP contribution in [-0.2, 0) is 23.1 Å². The average molecular weight is 535 g/mol. The molecule has 0 radical (unpaired) electrons. The number of hydrogen-bond acceptors (Lipinski definition) is 5. The molecule has 5 nitrogen and oxygen atoms in total. The molecule has 0 spiro atoms. The summed E-state index contributed by atoms with van der Waals surface area (Å²) in [6.07, 6.45) is -4.79. The highest BCUT2D eigenvalue weighted by Gasteiger charge is 2.31. The van der Waals surface area contributed by atoms with Gasteiger partial charge in [-0.3, -0.25) is 4.31 Å². The van der Waals surface area contributed by atoms with Crippen LogP contribution in [-0.4, -0.2) is 27.1 Å². The number of nitrogens with zero attached hydrogens (tertiary/aromatic N) is 1. The van der Waals surface area contributed by atoms with E-state index in [0.717, 1.165) is 21.2 Å². The summed E-state index contributed by atoms with van der Waals surface area (Å²) in [7, 11) is -3.77. The molecule has 0 bridgehead atoms. The van der Waals surface area contributed by atoms with Crippen LogP contribution in [0.15, 0.2) is 78.9 Å². The van der Waals surface area contributed by atoms with Crippen LogP contribution in [0.25, 0.3) is 10.1 Å². The second-order valence-electron chi connectivity index (χ2n) is 8.21. The van der Waals surface area contributed by atoms with Gasteiger partial charge in [-0.1, -0.05) is 60.7 Å². The monoisotopic (exact) mass is 534 g/mol. The van der Waals surface area contributed by atoms with Crippen LogP contribution in [0.5, 0.6) is 5.75 Å². The predicted octanol–water partition coefficient (Wildman–Crippen LogP) is 6.23. The molecule has 0 unspecified atom stereocenters. The van der Waals surface area contributed by atoms with E-state index in [2.05, 4.69) is 10.1 Å². The number of thiophene rings is 1. The van der Waals surface area contributed by atoms with E-state index in [4.69, 9.17) is 0 Å². The number of nitrogens with one attached hydrogen (secondary N) is 1. The summed E-state index contributed by atoms with van der Waals surface area (Å²) in [6.45, 7) is 2.65. The normalized spacial score (nSPS) is 12.1. The predicted molar refractivity (Wildman–Crippen MR) is 138 cm³/mol. The molecule has 1 N–H and O–H groups in total. The number of halogens is 3. The van der Waals surface area contributed by atoms with Crippen molar-refractivity contribution in [2.75, 3.05) is 16.6 Å². The van der Waals surface area contributed by atoms with Gasteiger partial charge in [0.2, 0.25) is 10.0 Å². The van der Waals surface area contributed by atoms with Gasteiger partial charge in [-0.05, 0) is 47.2 Å². The van der Waals surface area contributed by atoms with E-state index in [0.29, 0.717) is 17.1 Å². The molecule has 0 aliphatic heterocycles. The molecule has 36 heavy (non-hydrogen) atoms. The molecule has 0 aliphatic carbocycles. The molecule has 1 aromatic heterocycles. The molecule has 4 rings (SSSR count). The van der Waals surface area contributed by atoms with E-state index < -0.39 is 16.4 Å². The minimum Gasteiger partial charge on any atom is -0.406 e. The van der Waals surface area contributed by atoms with Gasteiger partial charge in [0.15, 0.2) is 0 Å². The van der Waals surface area contributed by atoms with Crippen molar-refractivity contribution in [3.8, 4) is 5.75 Å². The topological polar surface area (TPSA) is 58.6 Å². The molecule has 0 atom stereocenters. The Morgan fingerprint density at radius 3 is 2.25 bits per heavy atom. The lowest BCUT2D eigenvalue weighted by Crippen LogP contribution is -2.36. The van der Waals surface area contributed by atoms with Crippen LogP contribution in [0.3, 0.4) is 0 Å². The minimum atomic E-state index is -4.79. The fraction of sp³-hybridized carbons (Fsp3) is 0.231. The third-order valence-corrected chi connectivity index (χ3v) is 8.69. The van der Waals surface area contributed by atoms with E-state index in [1.54, 1.807) is 0 Å². The summed E-state index contributed by atoms with van der Waals surface area (Å²) in [5, 5.41) is 4.73. The smallest absolute Gasteiger partial charge is 0.406 e. The maximum atomic E-state index is 13.5. The fourth-order valence-electron chi connectivity index (χ4n) is 3.80. The van der Waals surface area contributed by atoms with Crippen LogP contribution in [0, 0.1) is 6.92 Å². The number of sulfonamides is 1. The highest BCUT2D eigenvalue weighted by Crippen LogP contribution is 2.39. The van der Waals surface area contributed by atoms with Crippen LogP contribution in [0.2, 0.25) is 0 Å². The van der Waals surface area contributed by atoms with Gasteiger partial charge in [0.1, 0.15) is 10.8 Å². The maximum Gasteiger partial charge on any atom is 0.573 e. The molecular formula is C26H25F3N2O3S2. The fourth-order valence-corrected chi connectivity index (χ4v) is 6.72. The Labute approximate surface area is 212 Å². The van der Waals surface area contributed by atoms with E-state index in [1.807, 2.05) is 61.5 Å². The van der Waals surface area contributed by atoms with E-state index >= 15 is 0 Å². The molecule has 0 amide bonds. The van der Waals surface area contributed by atoms with E-state index in [-0.39, 0.29) is 24.6 Å². The molecule has 0 fully saturated rings. The Bertz CT molecular complexity index is 1400. The van der Waals surface area contributed by atoms with Gasteiger partial charge in [-0.25, -0.2) is 8.42 Å². The minimum absolute atomic E-state index is 0.0129. The number of benzene rings is 3. The van der Waals surface area contributed by atoms with Crippen molar-refractivity contribution < 1.29 is 26.3 Å². The van der Waals surface area contributed by atoms with E-state index in [9.17, 15) is 21.6 Å². The van der Waals surface area contributed by atoms with Gasteiger partial charge in [0.05, 0.1) is 12.3 Å². The molecule has 4 aromatic rings. The van der Waals surface area contributed by atoms with Crippen molar-refractivity contribution in [1.29, 1.82) is 0 Å². The first kappa shape index (κ1) is 26.0. The third kappa shape index (κ3) is 6.57. The number of aryl methyl sites for hydroxylation is 1. The molecule has 190 valence electrons. The summed E-state index contributed by atoms with van der Waals surface area (Å²) in [4.78, 5) is 0. The third-order valence-electron chi connectivity index (χ3n) is 5.57. The Hall–Kier alpha value is -3.08. The zero-order valence-corrected chi connectivity index (χ0v) is 21.1. The van der Waals surface area contributed by atoms with Crippen LogP contribution >= 0.6 is 11.3 Å². The van der Waals surface area contributed by atoms with Crippen LogP contribution in [0.4, 0.5) is 18.2 Å². The molecule has 0 saturated carbocycles. The lowest BCUT2D eigenvalue weighted by atomic mass is 10.2. The molecule has 1 heterocycles. The zero-order chi connectivity index (χ0) is 25.8. The van der Waals surface area contributed by atoms with Crippen molar-refractivity contribution in [2.45, 2.75) is 26.4 Å². The number of fused-ring (bicyclic) bond motifs is 1. The van der Waals surface area contributed by atoms with E-state index in [1.165, 1.54) is 39.9 Å². The van der Waals surface area contributed by atoms with Crippen molar-refractivity contribution in [1.82, 2.24) is 5.32 Å². The lowest BCUT2D eigenvalue weighted by Gasteiger charge is -2.24. The van der Waals surface area contributed by atoms with Gasteiger partial charge < -0.3 is 10.1 Å². The quantitative estimate of drug-likeness (QED) is 0.245. The number of anilines is 1. The summed E-state index contributed by atoms with van der Waals surface area (Å²) in [5.41, 5.74) is 2.43. The second kappa shape index (κ2) is 10.9. The number of alkyl halides is 3. The van der Waals surface area contributed by atoms with Gasteiger partial charge in [0.25, 0.3) is 0 Å². The number of rotatable bonds is 10. The van der Waals surface area contributed by atoms with Gasteiger partial charge >= 0.3 is 6.36 Å². The van der Waals surface area contributed by atoms with Crippen molar-refractivity contribution in [3.05, 3.63) is 95.6 Å². The molecular weight excluding hydrogens is 509 g/mol. The Kier molecular flexibility index (Phi) is 7.87. The number of ether oxygens (including phenoxy) is 1. The summed E-state index contributed by atoms with van der Waals surface area (Å²) in [5.74, 6) is -0.494. The second-order valence-corrected chi connectivity index (χ2v) is 11.2. The molecule has 0 aliphatic rings. The Morgan fingerprint density at radius 1 is 0.917 bits per heavy atom. The molecule has 3 aromatic carbocycles. The standard InChI is InChI=1S/C26H25F3N2O3S2/c1-19-23-9-5-6-10-24(23)35-25(19)31(18-21-11-13-22(14-12-21)34-26(27,28)29)36(32,33)16-15-30-17-20-7-3-2-4-8-20/h2-14,30H,15-18H2,1H3. The van der Waals surface area contributed by atoms with Gasteiger partial charge in [-0.2, -0.15) is 0 Å². The Balaban J connectivity index is 1.57. The summed E-state index contributed by atoms with van der Waals surface area (Å²) >= 11 is 1.38. The summed E-state index contributed by atoms with van der Waals surface area (Å²) < 4.78 is 70.9. The SMILES string of the molecule is Cc1c(N(Cc2ccc(OC(F)(F)F)cc2)S(=O)(=O)CCNCc2ccccc2)sc2ccccc12. The maximum absolute atomic E-state index is 13.5. The molecule has 0 saturated heterocycles. The first-order valence-electron chi connectivity index (χ1n) is 11.2. The Morgan fingerprint density at radius 2 is 1.58 bits per heavy atom. The largest absolute Gasteiger partial charge is 0.573 e. The first-order chi connectivity index (χ1) is 17.1. The highest BCUT2D eigenvalue weighted by molar-refractivity contribution is 7.93. The first-order valence-corrected chi connectivity index (χ1v) is 13.6. The number of hydrogen-bond donors (Lipinski definition) is 1. The molecule has 10 heteroatoms. The van der Waals surface area contributed by atoms with Crippen molar-refractivity contribution in [3.63, 3.8) is 0 Å². The van der Waals surface area contributed by atoms with Crippen LogP contribution in [0.1, 0.15) is 16.7 Å². The average Bonchev–Trinajstić information content (AvgIpc) is 3.17. The lowest BCUT2D eigenvalue weighted by molar-refractivity contribution is -0.274. The van der Waals surface area contributed by atoms with Gasteiger partial charge in [-0.15, -0.1) is 24.5 Å². The van der Waals surface area contributed by atoms with Crippen molar-refractivity contribution in [2.24, 2.45) is 0 Å². The summed E-state index contributed by atoms with van der Waals surface area (Å²) in [6, 6.07) is 22.6. The van der Waals surface area contributed by atoms with Crippen LogP contribution < -0.4 is 14.4 Å². The highest BCUT2D eigenvalue weighted by atomic mass is 32.2. The van der Waals surface area contributed by atoms with Crippen molar-refractivity contribution >= 4 is 36.4 Å². The van der Waals surface area contributed by atoms with Gasteiger partial charge in [0, 0.05) is 17.8 Å².